The Morgan fingerprint density at radius 3 is 2.67 bits per heavy atom. The fraction of sp³-hybridized carbons (Fsp3) is 0.308. The Bertz CT molecular complexity index is 1260. The highest BCUT2D eigenvalue weighted by molar-refractivity contribution is 5.80. The van der Waals surface area contributed by atoms with E-state index in [-0.39, 0.29) is 6.10 Å². The molecule has 0 saturated carbocycles. The van der Waals surface area contributed by atoms with Gasteiger partial charge in [0, 0.05) is 49.5 Å². The number of aldehydes is 1. The third kappa shape index (κ3) is 4.58. The molecule has 0 unspecified atom stereocenters. The second-order valence-corrected chi connectivity index (χ2v) is 8.80. The fourth-order valence-electron chi connectivity index (χ4n) is 4.20. The van der Waals surface area contributed by atoms with Gasteiger partial charge in [0.1, 0.15) is 23.5 Å². The van der Waals surface area contributed by atoms with Gasteiger partial charge in [-0.2, -0.15) is 0 Å². The number of nitrogens with zero attached hydrogens (tertiary/aromatic N) is 4. The third-order valence-electron chi connectivity index (χ3n) is 6.13. The van der Waals surface area contributed by atoms with E-state index in [0.29, 0.717) is 17.2 Å². The fourth-order valence-corrected chi connectivity index (χ4v) is 4.20. The van der Waals surface area contributed by atoms with Crippen LogP contribution in [-0.4, -0.2) is 45.4 Å². The van der Waals surface area contributed by atoms with Crippen molar-refractivity contribution < 1.29 is 9.53 Å². The van der Waals surface area contributed by atoms with Gasteiger partial charge in [0.05, 0.1) is 17.2 Å². The molecule has 0 atom stereocenters. The first-order valence-electron chi connectivity index (χ1n) is 11.4. The maximum Gasteiger partial charge on any atom is 0.151 e. The second-order valence-electron chi connectivity index (χ2n) is 8.80. The van der Waals surface area contributed by atoms with E-state index in [9.17, 15) is 4.79 Å². The number of piperidine rings is 1. The van der Waals surface area contributed by atoms with Gasteiger partial charge in [0.2, 0.25) is 0 Å². The summed E-state index contributed by atoms with van der Waals surface area (Å²) >= 11 is 0. The molecule has 1 N–H and O–H groups in total. The third-order valence-corrected chi connectivity index (χ3v) is 6.13. The van der Waals surface area contributed by atoms with Crippen molar-refractivity contribution in [2.24, 2.45) is 0 Å². The number of hydrogen-bond acceptors (Lipinski definition) is 6. The van der Waals surface area contributed by atoms with E-state index >= 15 is 0 Å². The Balaban J connectivity index is 1.23. The van der Waals surface area contributed by atoms with Gasteiger partial charge >= 0.3 is 0 Å². The largest absolute Gasteiger partial charge is 0.489 e. The quantitative estimate of drug-likeness (QED) is 0.424. The molecule has 33 heavy (non-hydrogen) atoms. The molecule has 3 aromatic heterocycles. The number of carbonyl (C=O) groups is 1. The van der Waals surface area contributed by atoms with Crippen molar-refractivity contribution in [3.8, 4) is 17.1 Å². The van der Waals surface area contributed by atoms with Crippen LogP contribution in [0.2, 0.25) is 0 Å². The maximum absolute atomic E-state index is 10.9. The molecule has 0 bridgehead atoms. The number of H-pyrrole nitrogens is 1. The van der Waals surface area contributed by atoms with Gasteiger partial charge < -0.3 is 14.6 Å². The summed E-state index contributed by atoms with van der Waals surface area (Å²) in [4.78, 5) is 30.1. The molecule has 7 nitrogen and oxygen atoms in total. The van der Waals surface area contributed by atoms with Crippen molar-refractivity contribution in [3.63, 3.8) is 0 Å². The van der Waals surface area contributed by atoms with E-state index in [1.165, 1.54) is 11.8 Å². The Morgan fingerprint density at radius 1 is 1.09 bits per heavy atom. The lowest BCUT2D eigenvalue weighted by molar-refractivity contribution is 0.112. The first-order valence-corrected chi connectivity index (χ1v) is 11.4. The number of aromatic amines is 1. The summed E-state index contributed by atoms with van der Waals surface area (Å²) in [5.74, 6) is 2.92. The van der Waals surface area contributed by atoms with Crippen LogP contribution in [0, 0.1) is 0 Å². The molecule has 7 heteroatoms. The lowest BCUT2D eigenvalue weighted by Crippen LogP contribution is -2.38. The summed E-state index contributed by atoms with van der Waals surface area (Å²) < 4.78 is 6.03. The van der Waals surface area contributed by atoms with Crippen LogP contribution in [0.1, 0.15) is 48.5 Å². The standard InChI is InChI=1S/C26H27N5O2/c1-17(2)19-3-5-23-24(12-19)30-26(29-23)20-4-6-25(28-14-20)31-9-7-21(8-10-31)33-22-11-18(16-32)13-27-15-22/h3-6,11-17,21H,7-10H2,1-2H3,(H,29,30). The zero-order valence-corrected chi connectivity index (χ0v) is 18.9. The number of pyridine rings is 2. The van der Waals surface area contributed by atoms with Crippen LogP contribution < -0.4 is 9.64 Å². The molecule has 0 radical (unpaired) electrons. The minimum absolute atomic E-state index is 0.107. The molecule has 0 aliphatic carbocycles. The normalized spacial score (nSPS) is 14.7. The van der Waals surface area contributed by atoms with Crippen LogP contribution in [0.15, 0.2) is 55.0 Å². The molecule has 5 rings (SSSR count). The smallest absolute Gasteiger partial charge is 0.151 e. The van der Waals surface area contributed by atoms with Crippen molar-refractivity contribution in [2.75, 3.05) is 18.0 Å². The minimum Gasteiger partial charge on any atom is -0.489 e. The number of hydrogen-bond donors (Lipinski definition) is 1. The van der Waals surface area contributed by atoms with Crippen LogP contribution in [0.3, 0.4) is 0 Å². The summed E-state index contributed by atoms with van der Waals surface area (Å²) in [7, 11) is 0. The van der Waals surface area contributed by atoms with Crippen LogP contribution in [0.25, 0.3) is 22.4 Å². The average molecular weight is 442 g/mol. The summed E-state index contributed by atoms with van der Waals surface area (Å²) in [5.41, 5.74) is 4.82. The molecule has 168 valence electrons. The van der Waals surface area contributed by atoms with Gasteiger partial charge in [-0.3, -0.25) is 9.78 Å². The van der Waals surface area contributed by atoms with Crippen molar-refractivity contribution in [1.29, 1.82) is 0 Å². The summed E-state index contributed by atoms with van der Waals surface area (Å²) in [5, 5.41) is 0. The van der Waals surface area contributed by atoms with Crippen molar-refractivity contribution in [1.82, 2.24) is 19.9 Å². The maximum atomic E-state index is 10.9. The molecule has 0 spiro atoms. The highest BCUT2D eigenvalue weighted by Gasteiger charge is 2.22. The Labute approximate surface area is 192 Å². The Morgan fingerprint density at radius 2 is 1.94 bits per heavy atom. The summed E-state index contributed by atoms with van der Waals surface area (Å²) in [6, 6.07) is 12.2. The van der Waals surface area contributed by atoms with Gasteiger partial charge in [-0.1, -0.05) is 19.9 Å². The topological polar surface area (TPSA) is 84.0 Å². The number of aromatic nitrogens is 4. The molecule has 4 heterocycles. The molecule has 1 fully saturated rings. The first kappa shape index (κ1) is 21.1. The molecule has 1 saturated heterocycles. The predicted octanol–water partition coefficient (Wildman–Crippen LogP) is 5.00. The van der Waals surface area contributed by atoms with E-state index in [1.54, 1.807) is 12.3 Å². The van der Waals surface area contributed by atoms with Gasteiger partial charge in [0.15, 0.2) is 6.29 Å². The van der Waals surface area contributed by atoms with Gasteiger partial charge in [-0.05, 0) is 41.8 Å². The first-order chi connectivity index (χ1) is 16.1. The number of nitrogens with one attached hydrogen (secondary N) is 1. The van der Waals surface area contributed by atoms with Gasteiger partial charge in [0.25, 0.3) is 0 Å². The van der Waals surface area contributed by atoms with E-state index in [4.69, 9.17) is 14.7 Å². The number of fused-ring (bicyclic) bond motifs is 1. The lowest BCUT2D eigenvalue weighted by Gasteiger charge is -2.32. The molecule has 1 aliphatic rings. The highest BCUT2D eigenvalue weighted by atomic mass is 16.5. The van der Waals surface area contributed by atoms with Crippen molar-refractivity contribution in [3.05, 3.63) is 66.1 Å². The van der Waals surface area contributed by atoms with Gasteiger partial charge in [-0.25, -0.2) is 9.97 Å². The Kier molecular flexibility index (Phi) is 5.77. The van der Waals surface area contributed by atoms with Crippen LogP contribution in [0.4, 0.5) is 5.82 Å². The lowest BCUT2D eigenvalue weighted by atomic mass is 10.0. The van der Waals surface area contributed by atoms with Crippen LogP contribution >= 0.6 is 0 Å². The monoisotopic (exact) mass is 441 g/mol. The second kappa shape index (κ2) is 9.02. The molecule has 1 aromatic carbocycles. The zero-order valence-electron chi connectivity index (χ0n) is 18.9. The van der Waals surface area contributed by atoms with E-state index < -0.39 is 0 Å². The van der Waals surface area contributed by atoms with Crippen molar-refractivity contribution in [2.45, 2.75) is 38.7 Å². The van der Waals surface area contributed by atoms with E-state index in [1.807, 2.05) is 6.20 Å². The number of imidazole rings is 1. The van der Waals surface area contributed by atoms with Crippen LogP contribution in [0.5, 0.6) is 5.75 Å². The highest BCUT2D eigenvalue weighted by Crippen LogP contribution is 2.26. The average Bonchev–Trinajstić information content (AvgIpc) is 3.28. The number of rotatable bonds is 6. The van der Waals surface area contributed by atoms with E-state index in [2.05, 4.69) is 59.0 Å². The Hall–Kier alpha value is -3.74. The molecule has 1 aliphatic heterocycles. The number of carbonyl (C=O) groups excluding carboxylic acids is 1. The number of anilines is 1. The minimum atomic E-state index is 0.107. The van der Waals surface area contributed by atoms with E-state index in [0.717, 1.165) is 60.5 Å². The molecule has 4 aromatic rings. The molecular weight excluding hydrogens is 414 g/mol. The summed E-state index contributed by atoms with van der Waals surface area (Å²) in [6.45, 7) is 6.11. The number of benzene rings is 1. The molecule has 0 amide bonds. The predicted molar refractivity (Wildman–Crippen MR) is 129 cm³/mol. The zero-order chi connectivity index (χ0) is 22.8. The number of ether oxygens (including phenoxy) is 1. The summed E-state index contributed by atoms with van der Waals surface area (Å²) in [6.07, 6.45) is 7.73. The van der Waals surface area contributed by atoms with Crippen molar-refractivity contribution >= 4 is 23.1 Å². The SMILES string of the molecule is CC(C)c1ccc2nc(-c3ccc(N4CCC(Oc5cncc(C=O)c5)CC4)nc3)[nH]c2c1. The van der Waals surface area contributed by atoms with Gasteiger partial charge in [-0.15, -0.1) is 0 Å². The van der Waals surface area contributed by atoms with Crippen LogP contribution in [-0.2, 0) is 0 Å². The molecular formula is C26H27N5O2.